The lowest BCUT2D eigenvalue weighted by atomic mass is 9.88. The third-order valence-corrected chi connectivity index (χ3v) is 5.04. The quantitative estimate of drug-likeness (QED) is 0.791. The smallest absolute Gasteiger partial charge is 0.0666 e. The van der Waals surface area contributed by atoms with Crippen LogP contribution in [-0.2, 0) is 4.74 Å². The molecule has 0 aromatic rings. The Morgan fingerprint density at radius 2 is 2.12 bits per heavy atom. The molecular formula is C14H29NOS. The van der Waals surface area contributed by atoms with Crippen molar-refractivity contribution in [1.82, 2.24) is 5.32 Å². The van der Waals surface area contributed by atoms with Gasteiger partial charge in [-0.05, 0) is 31.7 Å². The van der Waals surface area contributed by atoms with Gasteiger partial charge in [0.1, 0.15) is 0 Å². The predicted octanol–water partition coefficient (Wildman–Crippen LogP) is 3.31. The predicted molar refractivity (Wildman–Crippen MR) is 77.8 cm³/mol. The number of rotatable bonds is 6. The summed E-state index contributed by atoms with van der Waals surface area (Å²) < 4.78 is 5.62. The van der Waals surface area contributed by atoms with Gasteiger partial charge < -0.3 is 10.1 Å². The molecule has 0 amide bonds. The van der Waals surface area contributed by atoms with Gasteiger partial charge in [0.05, 0.1) is 6.10 Å². The molecule has 1 aliphatic heterocycles. The first-order valence-corrected chi connectivity index (χ1v) is 7.96. The lowest BCUT2D eigenvalue weighted by molar-refractivity contribution is 0.127. The number of hydrogen-bond acceptors (Lipinski definition) is 3. The van der Waals surface area contributed by atoms with Crippen molar-refractivity contribution >= 4 is 11.8 Å². The van der Waals surface area contributed by atoms with E-state index < -0.39 is 0 Å². The molecule has 0 aromatic carbocycles. The van der Waals surface area contributed by atoms with Crippen LogP contribution in [0.25, 0.3) is 0 Å². The van der Waals surface area contributed by atoms with Gasteiger partial charge in [0.2, 0.25) is 0 Å². The van der Waals surface area contributed by atoms with Crippen molar-refractivity contribution in [3.8, 4) is 0 Å². The van der Waals surface area contributed by atoms with Gasteiger partial charge in [-0.2, -0.15) is 11.8 Å². The topological polar surface area (TPSA) is 21.3 Å². The molecular weight excluding hydrogens is 230 g/mol. The summed E-state index contributed by atoms with van der Waals surface area (Å²) in [6, 6.07) is 0.597. The molecule has 1 heterocycles. The Labute approximate surface area is 111 Å². The van der Waals surface area contributed by atoms with Crippen LogP contribution in [-0.4, -0.2) is 36.3 Å². The van der Waals surface area contributed by atoms with Crippen LogP contribution < -0.4 is 5.32 Å². The maximum absolute atomic E-state index is 5.62. The fourth-order valence-corrected chi connectivity index (χ4v) is 3.75. The highest BCUT2D eigenvalue weighted by atomic mass is 32.2. The lowest BCUT2D eigenvalue weighted by Crippen LogP contribution is -2.43. The van der Waals surface area contributed by atoms with Crippen molar-refractivity contribution in [1.29, 1.82) is 0 Å². The van der Waals surface area contributed by atoms with E-state index in [0.717, 1.165) is 13.2 Å². The molecule has 1 N–H and O–H groups in total. The van der Waals surface area contributed by atoms with Crippen LogP contribution >= 0.6 is 11.8 Å². The number of hydrogen-bond donors (Lipinski definition) is 1. The molecule has 0 radical (unpaired) electrons. The van der Waals surface area contributed by atoms with E-state index in [-0.39, 0.29) is 0 Å². The Hall–Kier alpha value is 0.270. The second kappa shape index (κ2) is 7.01. The fraction of sp³-hybridized carbons (Fsp3) is 1.00. The molecule has 0 saturated carbocycles. The van der Waals surface area contributed by atoms with E-state index in [1.807, 2.05) is 0 Å². The van der Waals surface area contributed by atoms with E-state index >= 15 is 0 Å². The molecule has 2 nitrogen and oxygen atoms in total. The van der Waals surface area contributed by atoms with Gasteiger partial charge in [-0.1, -0.05) is 27.7 Å². The SMILES string of the molecule is CCCNC(CSC1CCOC1C)C(C)(C)C. The standard InChI is InChI=1S/C14H29NOS/c1-6-8-15-13(14(3,4)5)10-17-12-7-9-16-11(12)2/h11-13,15H,6-10H2,1-5H3. The Morgan fingerprint density at radius 1 is 1.41 bits per heavy atom. The van der Waals surface area contributed by atoms with Gasteiger partial charge in [-0.15, -0.1) is 0 Å². The molecule has 0 spiro atoms. The zero-order valence-electron chi connectivity index (χ0n) is 12.1. The normalized spacial score (nSPS) is 27.4. The van der Waals surface area contributed by atoms with Crippen LogP contribution in [0.5, 0.6) is 0 Å². The maximum atomic E-state index is 5.62. The van der Waals surface area contributed by atoms with E-state index in [0.29, 0.717) is 22.8 Å². The van der Waals surface area contributed by atoms with Crippen molar-refractivity contribution < 1.29 is 4.74 Å². The number of nitrogens with one attached hydrogen (secondary N) is 1. The van der Waals surface area contributed by atoms with Crippen molar-refractivity contribution in [2.24, 2.45) is 5.41 Å². The summed E-state index contributed by atoms with van der Waals surface area (Å²) in [7, 11) is 0. The average Bonchev–Trinajstić information content (AvgIpc) is 2.62. The zero-order chi connectivity index (χ0) is 12.9. The summed E-state index contributed by atoms with van der Waals surface area (Å²) in [5.74, 6) is 1.20. The van der Waals surface area contributed by atoms with Crippen LogP contribution in [0.2, 0.25) is 0 Å². The summed E-state index contributed by atoms with van der Waals surface area (Å²) in [6.45, 7) is 13.5. The highest BCUT2D eigenvalue weighted by Crippen LogP contribution is 2.30. The molecule has 1 saturated heterocycles. The van der Waals surface area contributed by atoms with Gasteiger partial charge in [-0.3, -0.25) is 0 Å². The zero-order valence-corrected chi connectivity index (χ0v) is 12.9. The van der Waals surface area contributed by atoms with Gasteiger partial charge in [0, 0.05) is 23.7 Å². The molecule has 3 heteroatoms. The summed E-state index contributed by atoms with van der Waals surface area (Å²) in [4.78, 5) is 0. The third-order valence-electron chi connectivity index (χ3n) is 3.47. The summed E-state index contributed by atoms with van der Waals surface area (Å²) in [5, 5.41) is 4.38. The minimum absolute atomic E-state index is 0.338. The summed E-state index contributed by atoms with van der Waals surface area (Å²) >= 11 is 2.09. The molecule has 3 atom stereocenters. The summed E-state index contributed by atoms with van der Waals surface area (Å²) in [5.41, 5.74) is 0.338. The molecule has 3 unspecified atom stereocenters. The van der Waals surface area contributed by atoms with Gasteiger partial charge >= 0.3 is 0 Å². The van der Waals surface area contributed by atoms with E-state index in [2.05, 4.69) is 51.7 Å². The van der Waals surface area contributed by atoms with E-state index in [1.54, 1.807) is 0 Å². The van der Waals surface area contributed by atoms with Crippen molar-refractivity contribution in [2.75, 3.05) is 18.9 Å². The van der Waals surface area contributed by atoms with Crippen molar-refractivity contribution in [2.45, 2.75) is 64.9 Å². The maximum Gasteiger partial charge on any atom is 0.0666 e. The lowest BCUT2D eigenvalue weighted by Gasteiger charge is -2.32. The molecule has 0 bridgehead atoms. The Balaban J connectivity index is 2.37. The minimum Gasteiger partial charge on any atom is -0.377 e. The Morgan fingerprint density at radius 3 is 2.59 bits per heavy atom. The molecule has 1 aliphatic rings. The monoisotopic (exact) mass is 259 g/mol. The number of thioether (sulfide) groups is 1. The van der Waals surface area contributed by atoms with E-state index in [1.165, 1.54) is 18.6 Å². The second-order valence-corrected chi connectivity index (χ2v) is 7.38. The highest BCUT2D eigenvalue weighted by molar-refractivity contribution is 8.00. The first kappa shape index (κ1) is 15.3. The molecule has 1 rings (SSSR count). The average molecular weight is 259 g/mol. The molecule has 1 fully saturated rings. The first-order chi connectivity index (χ1) is 7.95. The minimum atomic E-state index is 0.338. The molecule has 0 aliphatic carbocycles. The third kappa shape index (κ3) is 5.19. The Bertz CT molecular complexity index is 215. The largest absolute Gasteiger partial charge is 0.377 e. The van der Waals surface area contributed by atoms with Crippen molar-refractivity contribution in [3.05, 3.63) is 0 Å². The van der Waals surface area contributed by atoms with Crippen LogP contribution in [0.3, 0.4) is 0 Å². The number of ether oxygens (including phenoxy) is 1. The summed E-state index contributed by atoms with van der Waals surface area (Å²) in [6.07, 6.45) is 2.86. The molecule has 102 valence electrons. The first-order valence-electron chi connectivity index (χ1n) is 6.91. The van der Waals surface area contributed by atoms with Crippen LogP contribution in [0.1, 0.15) is 47.5 Å². The highest BCUT2D eigenvalue weighted by Gasteiger charge is 2.29. The van der Waals surface area contributed by atoms with E-state index in [9.17, 15) is 0 Å². The van der Waals surface area contributed by atoms with Crippen LogP contribution in [0.4, 0.5) is 0 Å². The molecule has 0 aromatic heterocycles. The second-order valence-electron chi connectivity index (χ2n) is 6.11. The van der Waals surface area contributed by atoms with Gasteiger partial charge in [-0.25, -0.2) is 0 Å². The van der Waals surface area contributed by atoms with Gasteiger partial charge in [0.25, 0.3) is 0 Å². The van der Waals surface area contributed by atoms with E-state index in [4.69, 9.17) is 4.74 Å². The molecule has 17 heavy (non-hydrogen) atoms. The van der Waals surface area contributed by atoms with Crippen LogP contribution in [0, 0.1) is 5.41 Å². The fourth-order valence-electron chi connectivity index (χ4n) is 2.08. The van der Waals surface area contributed by atoms with Crippen molar-refractivity contribution in [3.63, 3.8) is 0 Å². The van der Waals surface area contributed by atoms with Gasteiger partial charge in [0.15, 0.2) is 0 Å². The Kier molecular flexibility index (Phi) is 6.32. The van der Waals surface area contributed by atoms with Crippen LogP contribution in [0.15, 0.2) is 0 Å².